The second-order valence-corrected chi connectivity index (χ2v) is 7.93. The van der Waals surface area contributed by atoms with Crippen molar-refractivity contribution in [2.24, 2.45) is 0 Å². The first-order valence-electron chi connectivity index (χ1n) is 11.2. The molecule has 1 N–H and O–H groups in total. The van der Waals surface area contributed by atoms with Gasteiger partial charge in [-0.15, -0.1) is 0 Å². The number of nitrogens with one attached hydrogen (secondary N) is 1. The Balaban J connectivity index is 1.55. The van der Waals surface area contributed by atoms with Gasteiger partial charge >= 0.3 is 12.0 Å². The number of urea groups is 1. The molecule has 4 amide bonds. The molecular formula is C27H18FN3O8. The van der Waals surface area contributed by atoms with E-state index in [9.17, 15) is 33.7 Å². The van der Waals surface area contributed by atoms with E-state index in [0.717, 1.165) is 12.1 Å². The van der Waals surface area contributed by atoms with Crippen LogP contribution in [0.5, 0.6) is 11.5 Å². The minimum atomic E-state index is -1.09. The van der Waals surface area contributed by atoms with E-state index in [1.165, 1.54) is 73.9 Å². The molecule has 0 radical (unpaired) electrons. The van der Waals surface area contributed by atoms with Crippen LogP contribution in [0.25, 0.3) is 12.2 Å². The zero-order valence-electron chi connectivity index (χ0n) is 20.1. The summed E-state index contributed by atoms with van der Waals surface area (Å²) in [5.74, 6) is -3.55. The van der Waals surface area contributed by atoms with Gasteiger partial charge in [0.25, 0.3) is 17.5 Å². The fourth-order valence-electron chi connectivity index (χ4n) is 3.58. The number of methoxy groups -OCH3 is 1. The number of nitro groups is 1. The minimum Gasteiger partial charge on any atom is -0.493 e. The molecule has 39 heavy (non-hydrogen) atoms. The standard InChI is InChI=1S/C27H18FN3O8/c1-38-23-15-17(9-11-22(23)39-24(32)12-10-16-5-4-6-18(13-16)31(36)37)14-19-25(33)29-27(35)30(26(19)34)21-8-3-2-7-20(21)28/h2-15H,1H3,(H,29,33,35)/b12-10+,19-14+. The molecule has 196 valence electrons. The topological polar surface area (TPSA) is 145 Å². The molecule has 3 aromatic rings. The van der Waals surface area contributed by atoms with Crippen LogP contribution in [0.1, 0.15) is 11.1 Å². The Kier molecular flexibility index (Phi) is 7.57. The maximum atomic E-state index is 14.3. The van der Waals surface area contributed by atoms with E-state index < -0.39 is 40.1 Å². The zero-order valence-corrected chi connectivity index (χ0v) is 20.1. The molecule has 1 aliphatic rings. The average molecular weight is 531 g/mol. The van der Waals surface area contributed by atoms with Crippen molar-refractivity contribution in [1.82, 2.24) is 5.32 Å². The van der Waals surface area contributed by atoms with E-state index in [-0.39, 0.29) is 28.4 Å². The third kappa shape index (κ3) is 5.85. The lowest BCUT2D eigenvalue weighted by atomic mass is 10.1. The summed E-state index contributed by atoms with van der Waals surface area (Å²) in [5.41, 5.74) is -0.210. The van der Waals surface area contributed by atoms with Gasteiger partial charge in [0.1, 0.15) is 11.4 Å². The number of anilines is 1. The lowest BCUT2D eigenvalue weighted by molar-refractivity contribution is -0.384. The summed E-state index contributed by atoms with van der Waals surface area (Å²) >= 11 is 0. The van der Waals surface area contributed by atoms with Gasteiger partial charge in [-0.1, -0.05) is 30.3 Å². The van der Waals surface area contributed by atoms with Gasteiger partial charge in [0, 0.05) is 18.2 Å². The Hall–Kier alpha value is -5.65. The van der Waals surface area contributed by atoms with E-state index in [4.69, 9.17) is 9.47 Å². The van der Waals surface area contributed by atoms with Gasteiger partial charge in [0.2, 0.25) is 0 Å². The van der Waals surface area contributed by atoms with Crippen molar-refractivity contribution >= 4 is 47.3 Å². The maximum Gasteiger partial charge on any atom is 0.336 e. The molecule has 3 aromatic carbocycles. The number of carbonyl (C=O) groups excluding carboxylic acids is 4. The molecule has 1 heterocycles. The number of hydrogen-bond donors (Lipinski definition) is 1. The lowest BCUT2D eigenvalue weighted by Gasteiger charge is -2.26. The first kappa shape index (κ1) is 26.4. The number of imide groups is 2. The van der Waals surface area contributed by atoms with Crippen LogP contribution >= 0.6 is 0 Å². The van der Waals surface area contributed by atoms with Crippen LogP contribution in [0, 0.1) is 15.9 Å². The number of nitrogens with zero attached hydrogens (tertiary/aromatic N) is 2. The minimum absolute atomic E-state index is 0.0101. The van der Waals surface area contributed by atoms with Gasteiger partial charge in [-0.25, -0.2) is 18.9 Å². The molecule has 0 atom stereocenters. The maximum absolute atomic E-state index is 14.3. The quantitative estimate of drug-likeness (QED) is 0.120. The summed E-state index contributed by atoms with van der Waals surface area (Å²) in [6.07, 6.45) is 3.60. The Labute approximate surface area is 219 Å². The van der Waals surface area contributed by atoms with Gasteiger partial charge in [-0.2, -0.15) is 0 Å². The average Bonchev–Trinajstić information content (AvgIpc) is 2.91. The first-order chi connectivity index (χ1) is 18.7. The van der Waals surface area contributed by atoms with E-state index in [2.05, 4.69) is 0 Å². The largest absolute Gasteiger partial charge is 0.493 e. The highest BCUT2D eigenvalue weighted by molar-refractivity contribution is 6.39. The number of esters is 1. The fraction of sp³-hybridized carbons (Fsp3) is 0.0370. The van der Waals surface area contributed by atoms with Crippen LogP contribution in [-0.4, -0.2) is 35.8 Å². The van der Waals surface area contributed by atoms with Crippen LogP contribution in [-0.2, 0) is 14.4 Å². The van der Waals surface area contributed by atoms with E-state index >= 15 is 0 Å². The van der Waals surface area contributed by atoms with Gasteiger partial charge in [0.05, 0.1) is 17.7 Å². The van der Waals surface area contributed by atoms with Crippen LogP contribution in [0.2, 0.25) is 0 Å². The number of benzene rings is 3. The molecule has 12 heteroatoms. The summed E-state index contributed by atoms with van der Waals surface area (Å²) < 4.78 is 24.8. The number of ether oxygens (including phenoxy) is 2. The third-order valence-corrected chi connectivity index (χ3v) is 5.40. The van der Waals surface area contributed by atoms with E-state index in [1.807, 2.05) is 5.32 Å². The van der Waals surface area contributed by atoms with Gasteiger partial charge in [-0.05, 0) is 47.5 Å². The van der Waals surface area contributed by atoms with Crippen molar-refractivity contribution in [2.45, 2.75) is 0 Å². The number of para-hydroxylation sites is 1. The number of amides is 4. The van der Waals surface area contributed by atoms with E-state index in [1.54, 1.807) is 6.07 Å². The van der Waals surface area contributed by atoms with Crippen molar-refractivity contribution in [1.29, 1.82) is 0 Å². The number of nitro benzene ring substituents is 1. The number of carbonyl (C=O) groups is 4. The highest BCUT2D eigenvalue weighted by Gasteiger charge is 2.38. The van der Waals surface area contributed by atoms with Crippen LogP contribution in [0.4, 0.5) is 20.6 Å². The monoisotopic (exact) mass is 531 g/mol. The van der Waals surface area contributed by atoms with Crippen molar-refractivity contribution < 1.29 is 38.0 Å². The highest BCUT2D eigenvalue weighted by atomic mass is 19.1. The fourth-order valence-corrected chi connectivity index (χ4v) is 3.58. The number of hydrogen-bond acceptors (Lipinski definition) is 8. The van der Waals surface area contributed by atoms with Crippen LogP contribution < -0.4 is 19.7 Å². The summed E-state index contributed by atoms with van der Waals surface area (Å²) in [5, 5.41) is 12.9. The van der Waals surface area contributed by atoms with E-state index in [0.29, 0.717) is 10.5 Å². The van der Waals surface area contributed by atoms with Crippen molar-refractivity contribution in [3.63, 3.8) is 0 Å². The molecule has 4 rings (SSSR count). The van der Waals surface area contributed by atoms with Crippen molar-refractivity contribution in [3.8, 4) is 11.5 Å². The second kappa shape index (κ2) is 11.2. The molecule has 1 aliphatic heterocycles. The number of barbiturate groups is 1. The van der Waals surface area contributed by atoms with Gasteiger partial charge in [-0.3, -0.25) is 25.0 Å². The molecule has 0 unspecified atom stereocenters. The SMILES string of the molecule is COc1cc(/C=C2\C(=O)NC(=O)N(c3ccccc3F)C2=O)ccc1OC(=O)/C=C/c1cccc([N+](=O)[O-])c1. The molecular weight excluding hydrogens is 513 g/mol. The number of rotatable bonds is 7. The van der Waals surface area contributed by atoms with Crippen molar-refractivity contribution in [3.05, 3.63) is 105 Å². The molecule has 1 fully saturated rings. The highest BCUT2D eigenvalue weighted by Crippen LogP contribution is 2.30. The Morgan fingerprint density at radius 1 is 1.00 bits per heavy atom. The Morgan fingerprint density at radius 2 is 1.77 bits per heavy atom. The predicted octanol–water partition coefficient (Wildman–Crippen LogP) is 4.03. The third-order valence-electron chi connectivity index (χ3n) is 5.40. The van der Waals surface area contributed by atoms with Gasteiger partial charge < -0.3 is 9.47 Å². The van der Waals surface area contributed by atoms with Crippen LogP contribution in [0.3, 0.4) is 0 Å². The first-order valence-corrected chi connectivity index (χ1v) is 11.2. The molecule has 1 saturated heterocycles. The summed E-state index contributed by atoms with van der Waals surface area (Å²) in [7, 11) is 1.31. The molecule has 11 nitrogen and oxygen atoms in total. The number of non-ortho nitro benzene ring substituents is 1. The molecule has 0 saturated carbocycles. The number of halogens is 1. The molecule has 0 spiro atoms. The Bertz CT molecular complexity index is 1580. The molecule has 0 aliphatic carbocycles. The van der Waals surface area contributed by atoms with Gasteiger partial charge in [0.15, 0.2) is 11.5 Å². The predicted molar refractivity (Wildman–Crippen MR) is 136 cm³/mol. The van der Waals surface area contributed by atoms with Crippen LogP contribution in [0.15, 0.2) is 78.4 Å². The molecule has 0 aromatic heterocycles. The summed E-state index contributed by atoms with van der Waals surface area (Å²) in [6.45, 7) is 0. The van der Waals surface area contributed by atoms with Crippen molar-refractivity contribution in [2.75, 3.05) is 12.0 Å². The normalized spacial score (nSPS) is 14.5. The summed E-state index contributed by atoms with van der Waals surface area (Å²) in [6, 6.07) is 13.8. The second-order valence-electron chi connectivity index (χ2n) is 7.93. The smallest absolute Gasteiger partial charge is 0.336 e. The zero-order chi connectivity index (χ0) is 28.1. The Morgan fingerprint density at radius 3 is 2.49 bits per heavy atom. The summed E-state index contributed by atoms with van der Waals surface area (Å²) in [4.78, 5) is 60.8. The molecule has 0 bridgehead atoms. The lowest BCUT2D eigenvalue weighted by Crippen LogP contribution is -2.54.